The molecule has 0 aliphatic rings. The monoisotopic (exact) mass is 252 g/mol. The van der Waals surface area contributed by atoms with E-state index in [-0.39, 0.29) is 17.5 Å². The van der Waals surface area contributed by atoms with E-state index in [4.69, 9.17) is 4.74 Å². The number of carbonyl (C=O) groups excluding carboxylic acids is 1. The molecule has 0 atom stereocenters. The number of hydrogen-bond donors (Lipinski definition) is 1. The molecule has 1 rings (SSSR count). The van der Waals surface area contributed by atoms with Crippen LogP contribution in [0, 0.1) is 0 Å². The Labute approximate surface area is 107 Å². The van der Waals surface area contributed by atoms with Gasteiger partial charge >= 0.3 is 0 Å². The number of aromatic nitrogens is 1. The molecule has 1 aromatic rings. The Balaban J connectivity index is 2.80. The van der Waals surface area contributed by atoms with E-state index in [0.717, 1.165) is 0 Å². The number of ether oxygens (including phenoxy) is 1. The summed E-state index contributed by atoms with van der Waals surface area (Å²) in [5.41, 5.74) is 0.357. The van der Waals surface area contributed by atoms with Crippen molar-refractivity contribution in [2.45, 2.75) is 33.4 Å². The van der Waals surface area contributed by atoms with Crippen LogP contribution in [0.3, 0.4) is 0 Å². The second-order valence-corrected chi connectivity index (χ2v) is 4.27. The average molecular weight is 252 g/mol. The number of nitrogens with zero attached hydrogens (tertiary/aromatic N) is 1. The van der Waals surface area contributed by atoms with Gasteiger partial charge in [-0.25, -0.2) is 0 Å². The highest BCUT2D eigenvalue weighted by Crippen LogP contribution is 1.97. The summed E-state index contributed by atoms with van der Waals surface area (Å²) in [6, 6.07) is 3.01. The lowest BCUT2D eigenvalue weighted by molar-refractivity contribution is 0.0941. The predicted molar refractivity (Wildman–Crippen MR) is 69.8 cm³/mol. The largest absolute Gasteiger partial charge is 0.380 e. The maximum absolute atomic E-state index is 11.8. The van der Waals surface area contributed by atoms with E-state index in [1.54, 1.807) is 6.20 Å². The lowest BCUT2D eigenvalue weighted by Gasteiger charge is -2.10. The van der Waals surface area contributed by atoms with Gasteiger partial charge in [0.1, 0.15) is 0 Å². The van der Waals surface area contributed by atoms with E-state index in [9.17, 15) is 9.59 Å². The highest BCUT2D eigenvalue weighted by atomic mass is 16.5. The molecule has 0 fully saturated rings. The van der Waals surface area contributed by atoms with Crippen LogP contribution in [-0.2, 0) is 11.3 Å². The third kappa shape index (κ3) is 4.33. The normalized spacial score (nSPS) is 10.7. The fraction of sp³-hybridized carbons (Fsp3) is 0.538. The summed E-state index contributed by atoms with van der Waals surface area (Å²) in [5.74, 6) is -0.171. The molecule has 0 spiro atoms. The molecule has 0 radical (unpaired) electrons. The first-order chi connectivity index (χ1) is 8.54. The quantitative estimate of drug-likeness (QED) is 0.769. The maximum Gasteiger partial charge on any atom is 0.252 e. The Kier molecular flexibility index (Phi) is 5.58. The summed E-state index contributed by atoms with van der Waals surface area (Å²) in [6.07, 6.45) is 1.57. The van der Waals surface area contributed by atoms with Gasteiger partial charge in [0.2, 0.25) is 0 Å². The Hall–Kier alpha value is -1.62. The van der Waals surface area contributed by atoms with Crippen LogP contribution in [0.2, 0.25) is 0 Å². The standard InChI is InChI=1S/C13H20N2O3/c1-4-18-8-7-15-9-11(5-6-12(15)16)13(17)14-10(2)3/h5-6,9-10H,4,7-8H2,1-3H3,(H,14,17). The number of nitrogens with one attached hydrogen (secondary N) is 1. The van der Waals surface area contributed by atoms with Gasteiger partial charge in [0, 0.05) is 31.5 Å². The first-order valence-electron chi connectivity index (χ1n) is 6.13. The van der Waals surface area contributed by atoms with Gasteiger partial charge < -0.3 is 14.6 Å². The molecule has 1 amide bonds. The SMILES string of the molecule is CCOCCn1cc(C(=O)NC(C)C)ccc1=O. The van der Waals surface area contributed by atoms with Crippen molar-refractivity contribution in [1.29, 1.82) is 0 Å². The molecule has 0 aliphatic carbocycles. The number of carbonyl (C=O) groups is 1. The van der Waals surface area contributed by atoms with Crippen LogP contribution in [0.4, 0.5) is 0 Å². The minimum atomic E-state index is -0.171. The molecule has 1 aromatic heterocycles. The number of amides is 1. The van der Waals surface area contributed by atoms with Crippen LogP contribution >= 0.6 is 0 Å². The van der Waals surface area contributed by atoms with Crippen LogP contribution in [0.1, 0.15) is 31.1 Å². The van der Waals surface area contributed by atoms with Crippen molar-refractivity contribution in [2.24, 2.45) is 0 Å². The minimum absolute atomic E-state index is 0.0707. The Morgan fingerprint density at radius 1 is 1.44 bits per heavy atom. The molecule has 0 saturated carbocycles. The number of rotatable bonds is 6. The van der Waals surface area contributed by atoms with Gasteiger partial charge in [-0.05, 0) is 26.8 Å². The van der Waals surface area contributed by atoms with Crippen LogP contribution in [0.15, 0.2) is 23.1 Å². The topological polar surface area (TPSA) is 60.3 Å². The second-order valence-electron chi connectivity index (χ2n) is 4.27. The highest BCUT2D eigenvalue weighted by Gasteiger charge is 2.08. The molecule has 18 heavy (non-hydrogen) atoms. The van der Waals surface area contributed by atoms with E-state index in [1.807, 2.05) is 20.8 Å². The van der Waals surface area contributed by atoms with Crippen molar-refractivity contribution in [1.82, 2.24) is 9.88 Å². The van der Waals surface area contributed by atoms with Crippen molar-refractivity contribution in [2.75, 3.05) is 13.2 Å². The fourth-order valence-corrected chi connectivity index (χ4v) is 1.49. The molecule has 0 unspecified atom stereocenters. The van der Waals surface area contributed by atoms with Crippen LogP contribution in [-0.4, -0.2) is 29.7 Å². The van der Waals surface area contributed by atoms with Gasteiger partial charge in [-0.3, -0.25) is 9.59 Å². The zero-order valence-electron chi connectivity index (χ0n) is 11.1. The summed E-state index contributed by atoms with van der Waals surface area (Å²) >= 11 is 0. The van der Waals surface area contributed by atoms with E-state index in [0.29, 0.717) is 25.3 Å². The van der Waals surface area contributed by atoms with Crippen molar-refractivity contribution in [3.8, 4) is 0 Å². The van der Waals surface area contributed by atoms with Crippen LogP contribution in [0.5, 0.6) is 0 Å². The molecular weight excluding hydrogens is 232 g/mol. The second kappa shape index (κ2) is 6.96. The molecule has 0 aliphatic heterocycles. The Morgan fingerprint density at radius 3 is 2.78 bits per heavy atom. The summed E-state index contributed by atoms with van der Waals surface area (Å²) < 4.78 is 6.69. The molecular formula is C13H20N2O3. The average Bonchev–Trinajstić information content (AvgIpc) is 2.30. The van der Waals surface area contributed by atoms with E-state index < -0.39 is 0 Å². The first kappa shape index (κ1) is 14.4. The predicted octanol–water partition coefficient (Wildman–Crippen LogP) is 1.02. The smallest absolute Gasteiger partial charge is 0.252 e. The molecule has 1 heterocycles. The zero-order valence-corrected chi connectivity index (χ0v) is 11.1. The van der Waals surface area contributed by atoms with Gasteiger partial charge in [-0.15, -0.1) is 0 Å². The van der Waals surface area contributed by atoms with Crippen LogP contribution in [0.25, 0.3) is 0 Å². The maximum atomic E-state index is 11.8. The summed E-state index contributed by atoms with van der Waals surface area (Å²) in [5, 5.41) is 2.79. The molecule has 0 saturated heterocycles. The summed E-state index contributed by atoms with van der Waals surface area (Å²) in [6.45, 7) is 7.21. The number of hydrogen-bond acceptors (Lipinski definition) is 3. The zero-order chi connectivity index (χ0) is 13.5. The molecule has 5 heteroatoms. The number of pyridine rings is 1. The lowest BCUT2D eigenvalue weighted by Crippen LogP contribution is -2.31. The van der Waals surface area contributed by atoms with Gasteiger partial charge in [0.05, 0.1) is 12.2 Å². The van der Waals surface area contributed by atoms with Crippen molar-refractivity contribution in [3.05, 3.63) is 34.2 Å². The van der Waals surface area contributed by atoms with Crippen molar-refractivity contribution >= 4 is 5.91 Å². The van der Waals surface area contributed by atoms with E-state index in [2.05, 4.69) is 5.32 Å². The molecule has 100 valence electrons. The van der Waals surface area contributed by atoms with Gasteiger partial charge in [-0.2, -0.15) is 0 Å². The third-order valence-electron chi connectivity index (χ3n) is 2.35. The third-order valence-corrected chi connectivity index (χ3v) is 2.35. The molecule has 5 nitrogen and oxygen atoms in total. The van der Waals surface area contributed by atoms with Gasteiger partial charge in [0.15, 0.2) is 0 Å². The van der Waals surface area contributed by atoms with Gasteiger partial charge in [0.25, 0.3) is 11.5 Å². The first-order valence-corrected chi connectivity index (χ1v) is 6.13. The Bertz CT molecular complexity index is 452. The minimum Gasteiger partial charge on any atom is -0.380 e. The molecule has 1 N–H and O–H groups in total. The van der Waals surface area contributed by atoms with Crippen molar-refractivity contribution < 1.29 is 9.53 Å². The lowest BCUT2D eigenvalue weighted by atomic mass is 10.2. The van der Waals surface area contributed by atoms with E-state index in [1.165, 1.54) is 16.7 Å². The summed E-state index contributed by atoms with van der Waals surface area (Å²) in [4.78, 5) is 23.4. The molecule has 0 bridgehead atoms. The molecule has 0 aromatic carbocycles. The van der Waals surface area contributed by atoms with Crippen LogP contribution < -0.4 is 10.9 Å². The van der Waals surface area contributed by atoms with Gasteiger partial charge in [-0.1, -0.05) is 0 Å². The Morgan fingerprint density at radius 2 is 2.17 bits per heavy atom. The van der Waals surface area contributed by atoms with E-state index >= 15 is 0 Å². The highest BCUT2D eigenvalue weighted by molar-refractivity contribution is 5.93. The summed E-state index contributed by atoms with van der Waals surface area (Å²) in [7, 11) is 0. The fourth-order valence-electron chi connectivity index (χ4n) is 1.49. The van der Waals surface area contributed by atoms with Crippen molar-refractivity contribution in [3.63, 3.8) is 0 Å².